The highest BCUT2D eigenvalue weighted by Crippen LogP contribution is 2.24. The summed E-state index contributed by atoms with van der Waals surface area (Å²) in [6.45, 7) is 9.02. The van der Waals surface area contributed by atoms with Crippen LogP contribution in [0.25, 0.3) is 11.1 Å². The lowest BCUT2D eigenvalue weighted by atomic mass is 10.1. The van der Waals surface area contributed by atoms with E-state index in [1.54, 1.807) is 13.8 Å². The molecule has 0 saturated heterocycles. The van der Waals surface area contributed by atoms with Gasteiger partial charge in [-0.3, -0.25) is 4.79 Å². The number of hydrogen-bond acceptors (Lipinski definition) is 4. The van der Waals surface area contributed by atoms with Crippen LogP contribution in [0.15, 0.2) is 48.5 Å². The van der Waals surface area contributed by atoms with Crippen LogP contribution in [0.4, 0.5) is 5.69 Å². The summed E-state index contributed by atoms with van der Waals surface area (Å²) in [7, 11) is -3.30. The third kappa shape index (κ3) is 6.87. The molecule has 0 aliphatic carbocycles. The van der Waals surface area contributed by atoms with Gasteiger partial charge in [0.15, 0.2) is 0 Å². The van der Waals surface area contributed by atoms with Crippen LogP contribution in [0.5, 0.6) is 5.75 Å². The van der Waals surface area contributed by atoms with Crippen molar-refractivity contribution in [3.63, 3.8) is 0 Å². The molecule has 0 aliphatic rings. The fourth-order valence-electron chi connectivity index (χ4n) is 2.43. The second-order valence-electron chi connectivity index (χ2n) is 7.62. The zero-order valence-electron chi connectivity index (χ0n) is 17.6. The quantitative estimate of drug-likeness (QED) is 0.644. The number of benzene rings is 2. The van der Waals surface area contributed by atoms with Crippen molar-refractivity contribution < 1.29 is 17.9 Å². The Labute approximate surface area is 173 Å². The smallest absolute Gasteiger partial charge is 0.226 e. The molecule has 0 aliphatic heterocycles. The Morgan fingerprint density at radius 3 is 1.90 bits per heavy atom. The van der Waals surface area contributed by atoms with Gasteiger partial charge in [0.2, 0.25) is 15.9 Å². The maximum absolute atomic E-state index is 11.8. The number of rotatable bonds is 9. The third-order valence-corrected chi connectivity index (χ3v) is 6.20. The molecule has 0 spiro atoms. The predicted octanol–water partition coefficient (Wildman–Crippen LogP) is 4.04. The zero-order valence-corrected chi connectivity index (χ0v) is 18.4. The fraction of sp³-hybridized carbons (Fsp3) is 0.409. The fourth-order valence-corrected chi connectivity index (χ4v) is 3.23. The summed E-state index contributed by atoms with van der Waals surface area (Å²) in [5, 5.41) is 2.40. The molecule has 0 fully saturated rings. The number of carbonyl (C=O) groups excluding carboxylic acids is 1. The van der Waals surface area contributed by atoms with Gasteiger partial charge in [0.1, 0.15) is 11.9 Å². The minimum absolute atomic E-state index is 0.0101. The molecule has 0 aromatic heterocycles. The number of hydrogen-bond donors (Lipinski definition) is 2. The first-order valence-corrected chi connectivity index (χ1v) is 11.3. The highest BCUT2D eigenvalue weighted by atomic mass is 32.2. The Kier molecular flexibility index (Phi) is 7.81. The average Bonchev–Trinajstić information content (AvgIpc) is 2.67. The summed E-state index contributed by atoms with van der Waals surface area (Å²) in [5.41, 5.74) is 2.81. The first-order chi connectivity index (χ1) is 13.6. The minimum atomic E-state index is -3.30. The Morgan fingerprint density at radius 1 is 0.897 bits per heavy atom. The second kappa shape index (κ2) is 9.89. The lowest BCUT2D eigenvalue weighted by Crippen LogP contribution is -2.37. The van der Waals surface area contributed by atoms with Crippen molar-refractivity contribution in [1.82, 2.24) is 4.72 Å². The largest absolute Gasteiger partial charge is 0.489 e. The molecule has 0 saturated carbocycles. The summed E-state index contributed by atoms with van der Waals surface area (Å²) in [6.07, 6.45) is -0.293. The molecule has 1 unspecified atom stereocenters. The summed E-state index contributed by atoms with van der Waals surface area (Å²) < 4.78 is 32.0. The number of carbonyl (C=O) groups is 1. The first kappa shape index (κ1) is 22.9. The molecule has 1 amide bonds. The molecule has 6 nitrogen and oxygen atoms in total. The molecule has 1 atom stereocenters. The Hall–Kier alpha value is -2.38. The standard InChI is InChI=1S/C22H30N2O4S/c1-15(2)22(25)24-20-10-6-18(7-11-20)19-8-12-21(13-9-19)28-17(5)14-23-29(26,27)16(3)4/h6-13,15-17,23H,14H2,1-5H3,(H,24,25). The molecule has 0 heterocycles. The van der Waals surface area contributed by atoms with Gasteiger partial charge in [0, 0.05) is 18.2 Å². The second-order valence-corrected chi connectivity index (χ2v) is 9.94. The van der Waals surface area contributed by atoms with Crippen LogP contribution >= 0.6 is 0 Å². The van der Waals surface area contributed by atoms with Gasteiger partial charge < -0.3 is 10.1 Å². The number of sulfonamides is 1. The molecule has 2 rings (SSSR count). The van der Waals surface area contributed by atoms with Crippen LogP contribution in [-0.2, 0) is 14.8 Å². The number of nitrogens with one attached hydrogen (secondary N) is 2. The van der Waals surface area contributed by atoms with E-state index < -0.39 is 15.3 Å². The number of ether oxygens (including phenoxy) is 1. The molecule has 158 valence electrons. The van der Waals surface area contributed by atoms with Crippen molar-refractivity contribution in [2.24, 2.45) is 5.92 Å². The summed E-state index contributed by atoms with van der Waals surface area (Å²) >= 11 is 0. The van der Waals surface area contributed by atoms with Crippen molar-refractivity contribution in [1.29, 1.82) is 0 Å². The monoisotopic (exact) mass is 418 g/mol. The van der Waals surface area contributed by atoms with Crippen molar-refractivity contribution >= 4 is 21.6 Å². The molecule has 0 bridgehead atoms. The molecule has 2 aromatic carbocycles. The lowest BCUT2D eigenvalue weighted by Gasteiger charge is -2.17. The van der Waals surface area contributed by atoms with Gasteiger partial charge in [-0.15, -0.1) is 0 Å². The predicted molar refractivity (Wildman–Crippen MR) is 117 cm³/mol. The molecule has 7 heteroatoms. The van der Waals surface area contributed by atoms with E-state index in [4.69, 9.17) is 4.74 Å². The SMILES string of the molecule is CC(CNS(=O)(=O)C(C)C)Oc1ccc(-c2ccc(NC(=O)C(C)C)cc2)cc1. The van der Waals surface area contributed by atoms with E-state index in [-0.39, 0.29) is 24.5 Å². The average molecular weight is 419 g/mol. The van der Waals surface area contributed by atoms with E-state index in [0.717, 1.165) is 16.8 Å². The molecule has 2 N–H and O–H groups in total. The van der Waals surface area contributed by atoms with E-state index in [2.05, 4.69) is 10.0 Å². The van der Waals surface area contributed by atoms with Gasteiger partial charge in [0.25, 0.3) is 0 Å². The van der Waals surface area contributed by atoms with Gasteiger partial charge >= 0.3 is 0 Å². The topological polar surface area (TPSA) is 84.5 Å². The number of amides is 1. The van der Waals surface area contributed by atoms with E-state index in [0.29, 0.717) is 5.75 Å². The van der Waals surface area contributed by atoms with E-state index in [9.17, 15) is 13.2 Å². The Morgan fingerprint density at radius 2 is 1.41 bits per heavy atom. The molecular weight excluding hydrogens is 388 g/mol. The molecular formula is C22H30N2O4S. The highest BCUT2D eigenvalue weighted by Gasteiger charge is 2.17. The van der Waals surface area contributed by atoms with Crippen LogP contribution < -0.4 is 14.8 Å². The van der Waals surface area contributed by atoms with E-state index in [1.165, 1.54) is 0 Å². The molecule has 2 aromatic rings. The van der Waals surface area contributed by atoms with Gasteiger partial charge in [0.05, 0.1) is 5.25 Å². The van der Waals surface area contributed by atoms with Crippen molar-refractivity contribution in [3.05, 3.63) is 48.5 Å². The normalized spacial score (nSPS) is 12.8. The van der Waals surface area contributed by atoms with E-state index in [1.807, 2.05) is 69.3 Å². The van der Waals surface area contributed by atoms with Crippen molar-refractivity contribution in [2.75, 3.05) is 11.9 Å². The lowest BCUT2D eigenvalue weighted by molar-refractivity contribution is -0.118. The maximum atomic E-state index is 11.8. The van der Waals surface area contributed by atoms with Gasteiger partial charge in [-0.1, -0.05) is 38.1 Å². The van der Waals surface area contributed by atoms with Gasteiger partial charge in [-0.25, -0.2) is 13.1 Å². The van der Waals surface area contributed by atoms with Crippen molar-refractivity contribution in [3.8, 4) is 16.9 Å². The van der Waals surface area contributed by atoms with E-state index >= 15 is 0 Å². The third-order valence-electron chi connectivity index (χ3n) is 4.39. The highest BCUT2D eigenvalue weighted by molar-refractivity contribution is 7.90. The number of anilines is 1. The minimum Gasteiger partial charge on any atom is -0.489 e. The molecule has 0 radical (unpaired) electrons. The van der Waals surface area contributed by atoms with Crippen molar-refractivity contribution in [2.45, 2.75) is 46.0 Å². The van der Waals surface area contributed by atoms with Crippen LogP contribution in [0.1, 0.15) is 34.6 Å². The Bertz CT molecular complexity index is 905. The first-order valence-electron chi connectivity index (χ1n) is 9.75. The van der Waals surface area contributed by atoms with Crippen LogP contribution in [-0.4, -0.2) is 32.2 Å². The zero-order chi connectivity index (χ0) is 21.6. The summed E-state index contributed by atoms with van der Waals surface area (Å²) in [5.74, 6) is 0.597. The Balaban J connectivity index is 1.95. The van der Waals surface area contributed by atoms with Gasteiger partial charge in [-0.2, -0.15) is 0 Å². The van der Waals surface area contributed by atoms with Crippen LogP contribution in [0, 0.1) is 5.92 Å². The summed E-state index contributed by atoms with van der Waals surface area (Å²) in [6, 6.07) is 15.3. The maximum Gasteiger partial charge on any atom is 0.226 e. The van der Waals surface area contributed by atoms with Crippen LogP contribution in [0.2, 0.25) is 0 Å². The van der Waals surface area contributed by atoms with Crippen LogP contribution in [0.3, 0.4) is 0 Å². The summed E-state index contributed by atoms with van der Waals surface area (Å²) in [4.78, 5) is 11.8. The molecule has 29 heavy (non-hydrogen) atoms. The van der Waals surface area contributed by atoms with Gasteiger partial charge in [-0.05, 0) is 56.2 Å².